The molecule has 1 unspecified atom stereocenters. The van der Waals surface area contributed by atoms with Crippen molar-refractivity contribution in [1.29, 1.82) is 0 Å². The Morgan fingerprint density at radius 3 is 2.94 bits per heavy atom. The lowest BCUT2D eigenvalue weighted by atomic mass is 10.2. The van der Waals surface area contributed by atoms with Gasteiger partial charge in [-0.15, -0.1) is 6.58 Å². The second-order valence-electron chi connectivity index (χ2n) is 3.53. The summed E-state index contributed by atoms with van der Waals surface area (Å²) >= 11 is 0. The predicted octanol–water partition coefficient (Wildman–Crippen LogP) is 0.0110. The highest BCUT2D eigenvalue weighted by Crippen LogP contribution is 2.22. The topological polar surface area (TPSA) is 113 Å². The van der Waals surface area contributed by atoms with Crippen molar-refractivity contribution >= 4 is 22.9 Å². The summed E-state index contributed by atoms with van der Waals surface area (Å²) in [6.45, 7) is 3.59. The minimum absolute atomic E-state index is 0.266. The third-order valence-corrected chi connectivity index (χ3v) is 2.45. The van der Waals surface area contributed by atoms with E-state index in [0.29, 0.717) is 17.6 Å². The maximum Gasteiger partial charge on any atom is 0.240 e. The fourth-order valence-corrected chi connectivity index (χ4v) is 1.66. The summed E-state index contributed by atoms with van der Waals surface area (Å²) in [5, 5.41) is 0. The van der Waals surface area contributed by atoms with Crippen LogP contribution in [0, 0.1) is 0 Å². The number of anilines is 1. The number of fused-ring (bicyclic) bond motifs is 1. The van der Waals surface area contributed by atoms with Crippen LogP contribution in [-0.4, -0.2) is 25.4 Å². The molecule has 0 spiro atoms. The summed E-state index contributed by atoms with van der Waals surface area (Å²) in [6, 6.07) is -0.578. The van der Waals surface area contributed by atoms with Crippen LogP contribution in [0.25, 0.3) is 11.2 Å². The Morgan fingerprint density at radius 1 is 1.53 bits per heavy atom. The molecule has 0 aliphatic carbocycles. The Morgan fingerprint density at radius 2 is 2.29 bits per heavy atom. The number of nitrogens with zero attached hydrogens (tertiary/aromatic N) is 4. The van der Waals surface area contributed by atoms with Gasteiger partial charge in [0.05, 0.1) is 6.33 Å². The maximum atomic E-state index is 11.4. The van der Waals surface area contributed by atoms with Crippen LogP contribution in [0.15, 0.2) is 25.3 Å². The van der Waals surface area contributed by atoms with E-state index in [-0.39, 0.29) is 5.82 Å². The summed E-state index contributed by atoms with van der Waals surface area (Å²) in [5.41, 5.74) is 12.0. The minimum Gasteiger partial charge on any atom is -0.382 e. The molecule has 2 aromatic rings. The van der Waals surface area contributed by atoms with Crippen molar-refractivity contribution in [3.05, 3.63) is 25.3 Å². The normalized spacial score (nSPS) is 12.5. The molecule has 4 N–H and O–H groups in total. The molecule has 0 aliphatic rings. The fourth-order valence-electron chi connectivity index (χ4n) is 1.66. The molecule has 88 valence electrons. The lowest BCUT2D eigenvalue weighted by Crippen LogP contribution is -2.26. The summed E-state index contributed by atoms with van der Waals surface area (Å²) in [5.74, 6) is -0.213. The van der Waals surface area contributed by atoms with Crippen LogP contribution in [-0.2, 0) is 4.79 Å². The van der Waals surface area contributed by atoms with Gasteiger partial charge in [-0.2, -0.15) is 0 Å². The number of imidazole rings is 1. The summed E-state index contributed by atoms with van der Waals surface area (Å²) in [7, 11) is 0. The molecule has 17 heavy (non-hydrogen) atoms. The summed E-state index contributed by atoms with van der Waals surface area (Å²) in [6.07, 6.45) is 4.81. The minimum atomic E-state index is -0.578. The van der Waals surface area contributed by atoms with Gasteiger partial charge >= 0.3 is 0 Å². The quantitative estimate of drug-likeness (QED) is 0.721. The van der Waals surface area contributed by atoms with Crippen molar-refractivity contribution in [3.8, 4) is 0 Å². The number of primary amides is 1. The molecule has 2 aromatic heterocycles. The number of allylic oxidation sites excluding steroid dienone is 1. The van der Waals surface area contributed by atoms with E-state index in [1.807, 2.05) is 0 Å². The standard InChI is InChI=1S/C10H12N6O/c1-2-3-6(9(12)17)16-5-15-10-7(16)8(11)13-4-14-10/h2,4-6H,1,3H2,(H2,12,17)(H2,11,13,14). The zero-order chi connectivity index (χ0) is 12.4. The highest BCUT2D eigenvalue weighted by atomic mass is 16.1. The molecule has 0 radical (unpaired) electrons. The average Bonchev–Trinajstić information content (AvgIpc) is 2.70. The molecular formula is C10H12N6O. The van der Waals surface area contributed by atoms with Crippen molar-refractivity contribution in [1.82, 2.24) is 19.5 Å². The van der Waals surface area contributed by atoms with Gasteiger partial charge in [0.25, 0.3) is 0 Å². The van der Waals surface area contributed by atoms with Crippen molar-refractivity contribution < 1.29 is 4.79 Å². The number of carbonyl (C=O) groups is 1. The van der Waals surface area contributed by atoms with Gasteiger partial charge in [0, 0.05) is 0 Å². The molecule has 0 aliphatic heterocycles. The Hall–Kier alpha value is -2.44. The van der Waals surface area contributed by atoms with Crippen molar-refractivity contribution in [3.63, 3.8) is 0 Å². The molecule has 0 saturated heterocycles. The van der Waals surface area contributed by atoms with E-state index in [0.717, 1.165) is 0 Å². The maximum absolute atomic E-state index is 11.4. The van der Waals surface area contributed by atoms with Gasteiger partial charge in [0.15, 0.2) is 11.5 Å². The largest absolute Gasteiger partial charge is 0.382 e. The summed E-state index contributed by atoms with van der Waals surface area (Å²) in [4.78, 5) is 23.3. The van der Waals surface area contributed by atoms with Crippen LogP contribution in [0.5, 0.6) is 0 Å². The zero-order valence-corrected chi connectivity index (χ0v) is 9.08. The third kappa shape index (κ3) is 1.82. The Labute approximate surface area is 97.2 Å². The molecule has 7 nitrogen and oxygen atoms in total. The third-order valence-electron chi connectivity index (χ3n) is 2.45. The SMILES string of the molecule is C=CCC(C(N)=O)n1cnc2ncnc(N)c21. The van der Waals surface area contributed by atoms with Crippen molar-refractivity contribution in [2.24, 2.45) is 5.73 Å². The molecule has 0 saturated carbocycles. The van der Waals surface area contributed by atoms with Gasteiger partial charge in [-0.1, -0.05) is 6.08 Å². The van der Waals surface area contributed by atoms with E-state index in [4.69, 9.17) is 11.5 Å². The second kappa shape index (κ2) is 4.20. The molecule has 0 bridgehead atoms. The van der Waals surface area contributed by atoms with E-state index in [2.05, 4.69) is 21.5 Å². The highest BCUT2D eigenvalue weighted by molar-refractivity contribution is 5.85. The number of hydrogen-bond acceptors (Lipinski definition) is 5. The number of amides is 1. The van der Waals surface area contributed by atoms with Crippen LogP contribution in [0.2, 0.25) is 0 Å². The lowest BCUT2D eigenvalue weighted by molar-refractivity contribution is -0.121. The second-order valence-corrected chi connectivity index (χ2v) is 3.53. The molecule has 0 aromatic carbocycles. The Balaban J connectivity index is 2.61. The smallest absolute Gasteiger partial charge is 0.240 e. The molecule has 0 fully saturated rings. The van der Waals surface area contributed by atoms with Gasteiger partial charge in [-0.05, 0) is 6.42 Å². The first-order valence-corrected chi connectivity index (χ1v) is 4.98. The van der Waals surface area contributed by atoms with Crippen LogP contribution < -0.4 is 11.5 Å². The zero-order valence-electron chi connectivity index (χ0n) is 9.08. The number of nitrogens with two attached hydrogens (primary N) is 2. The van der Waals surface area contributed by atoms with Crippen molar-refractivity contribution in [2.75, 3.05) is 5.73 Å². The highest BCUT2D eigenvalue weighted by Gasteiger charge is 2.20. The first-order chi connectivity index (χ1) is 8.15. The number of nitrogen functional groups attached to an aromatic ring is 1. The van der Waals surface area contributed by atoms with Gasteiger partial charge in [0.1, 0.15) is 17.9 Å². The Bertz CT molecular complexity index is 575. The first kappa shape index (κ1) is 11.1. The average molecular weight is 232 g/mol. The van der Waals surface area contributed by atoms with E-state index in [9.17, 15) is 4.79 Å². The predicted molar refractivity (Wildman–Crippen MR) is 62.8 cm³/mol. The fraction of sp³-hybridized carbons (Fsp3) is 0.200. The lowest BCUT2D eigenvalue weighted by Gasteiger charge is -2.14. The van der Waals surface area contributed by atoms with Gasteiger partial charge in [-0.3, -0.25) is 4.79 Å². The van der Waals surface area contributed by atoms with Crippen LogP contribution in [0.1, 0.15) is 12.5 Å². The van der Waals surface area contributed by atoms with E-state index in [1.54, 1.807) is 10.6 Å². The van der Waals surface area contributed by atoms with Crippen LogP contribution in [0.4, 0.5) is 5.82 Å². The molecule has 1 atom stereocenters. The number of rotatable bonds is 4. The number of carbonyl (C=O) groups excluding carboxylic acids is 1. The summed E-state index contributed by atoms with van der Waals surface area (Å²) < 4.78 is 1.58. The van der Waals surface area contributed by atoms with Crippen molar-refractivity contribution in [2.45, 2.75) is 12.5 Å². The van der Waals surface area contributed by atoms with Crippen LogP contribution >= 0.6 is 0 Å². The molecule has 2 rings (SSSR count). The molecular weight excluding hydrogens is 220 g/mol. The van der Waals surface area contributed by atoms with E-state index >= 15 is 0 Å². The first-order valence-electron chi connectivity index (χ1n) is 4.98. The van der Waals surface area contributed by atoms with Gasteiger partial charge in [-0.25, -0.2) is 15.0 Å². The number of hydrogen-bond donors (Lipinski definition) is 2. The monoisotopic (exact) mass is 232 g/mol. The van der Waals surface area contributed by atoms with Gasteiger partial charge < -0.3 is 16.0 Å². The van der Waals surface area contributed by atoms with E-state index < -0.39 is 11.9 Å². The van der Waals surface area contributed by atoms with Gasteiger partial charge in [0.2, 0.25) is 5.91 Å². The Kier molecular flexibility index (Phi) is 2.73. The van der Waals surface area contributed by atoms with E-state index in [1.165, 1.54) is 12.7 Å². The number of aromatic nitrogens is 4. The van der Waals surface area contributed by atoms with Crippen LogP contribution in [0.3, 0.4) is 0 Å². The molecule has 7 heteroatoms. The molecule has 2 heterocycles. The molecule has 1 amide bonds.